The maximum absolute atomic E-state index is 14.3. The molecule has 1 fully saturated rings. The molecule has 0 bridgehead atoms. The number of nitrogens with one attached hydrogen (secondary N) is 8. The number of benzene rings is 4. The number of carbonyl (C=O) groups is 7. The number of carboxylic acid groups (broad SMARTS) is 1. The molecular formula is C59H62N11NaO13S2. The van der Waals surface area contributed by atoms with Crippen LogP contribution in [0.4, 0.5) is 32.3 Å². The standard InChI is InChI=1S/C59H63N11O13S2.Na/c1-5-23-60-56(78)63-39-14-10-16-41(27-39)85(80,81)68-40-15-9-13-35(26-40)45(29-49(72)73)66-57(79)62-37-19-21-38(22-20-37)64-58(84)61-30-48(71)69-24-11-18-46(69)52(74)67-50(33(3)4)54(76)83-59(6-2)43-28-47-51-36(25-34-12-7-8-17-44(34)65-51)31-70(47)53(75)42(43)32-82-55(59)77;/h7-10,12-17,19-22,25-28,33,45-46,50,68H,5-6,11,18,23-24,29-32H2,1-4H3,(H,67,74)(H,72,73)(H2,60,63,78)(H2,61,64,84)(H2,62,66,79);/q;+1/p-1/t45?,46-,50-,59-;/m0./s1. The molecule has 27 heteroatoms. The predicted molar refractivity (Wildman–Crippen MR) is 316 cm³/mol. The van der Waals surface area contributed by atoms with Gasteiger partial charge in [0.05, 0.1) is 46.5 Å². The first-order valence-electron chi connectivity index (χ1n) is 27.5. The van der Waals surface area contributed by atoms with Crippen LogP contribution in [-0.4, -0.2) is 101 Å². The summed E-state index contributed by atoms with van der Waals surface area (Å²) in [6.45, 7) is 7.21. The van der Waals surface area contributed by atoms with Gasteiger partial charge in [-0.3, -0.25) is 19.1 Å². The number of hydrogen-bond acceptors (Lipinski definition) is 15. The van der Waals surface area contributed by atoms with Gasteiger partial charge in [-0.2, -0.15) is 0 Å². The van der Waals surface area contributed by atoms with E-state index in [1.165, 1.54) is 65.6 Å². The van der Waals surface area contributed by atoms with Gasteiger partial charge in [0.15, 0.2) is 5.11 Å². The van der Waals surface area contributed by atoms with Gasteiger partial charge in [-0.05, 0) is 122 Å². The summed E-state index contributed by atoms with van der Waals surface area (Å²) >= 11 is 5.47. The van der Waals surface area contributed by atoms with E-state index < -0.39 is 93.4 Å². The van der Waals surface area contributed by atoms with Crippen LogP contribution in [0.5, 0.6) is 0 Å². The van der Waals surface area contributed by atoms with Crippen molar-refractivity contribution in [2.75, 3.05) is 40.3 Å². The molecular weight excluding hydrogens is 1160 g/mol. The van der Waals surface area contributed by atoms with Crippen molar-refractivity contribution in [3.8, 4) is 11.4 Å². The van der Waals surface area contributed by atoms with E-state index in [-0.39, 0.29) is 100 Å². The van der Waals surface area contributed by atoms with Crippen molar-refractivity contribution in [3.05, 3.63) is 142 Å². The summed E-state index contributed by atoms with van der Waals surface area (Å²) in [6.07, 6.45) is 0.743. The number of rotatable bonds is 20. The SMILES string of the molecule is CCCNC(=O)Nc1cccc(S(=O)(=O)Nc2cccc(C(CC(=O)[O-])NC(=O)Nc3ccc(NC(=S)NCC(=O)N4CCC[C@H]4C(=O)N[C@H](C(=O)O[C@]4(CC)C(=O)OCc5c4cc4n(c5=O)Cc5cc6ccccc6nc5-4)C(C)C)cc3)c2)c1.[Na+]. The van der Waals surface area contributed by atoms with Crippen LogP contribution in [0.1, 0.15) is 88.1 Å². The van der Waals surface area contributed by atoms with Crippen molar-refractivity contribution in [2.45, 2.75) is 102 Å². The molecule has 8 N–H and O–H groups in total. The van der Waals surface area contributed by atoms with E-state index in [9.17, 15) is 51.9 Å². The second-order valence-electron chi connectivity index (χ2n) is 20.9. The third-order valence-corrected chi connectivity index (χ3v) is 16.3. The molecule has 86 heavy (non-hydrogen) atoms. The Kier molecular flexibility index (Phi) is 20.2. The van der Waals surface area contributed by atoms with Crippen LogP contribution in [0.3, 0.4) is 0 Å². The Balaban J connectivity index is 0.00000961. The van der Waals surface area contributed by atoms with Crippen molar-refractivity contribution in [1.82, 2.24) is 35.7 Å². The summed E-state index contributed by atoms with van der Waals surface area (Å²) < 4.78 is 42.5. The second kappa shape index (κ2) is 27.3. The molecule has 0 spiro atoms. The fourth-order valence-electron chi connectivity index (χ4n) is 10.4. The number of urea groups is 2. The summed E-state index contributed by atoms with van der Waals surface area (Å²) in [4.78, 5) is 113. The van der Waals surface area contributed by atoms with Crippen LogP contribution in [0.2, 0.25) is 0 Å². The van der Waals surface area contributed by atoms with Gasteiger partial charge in [-0.1, -0.05) is 64.1 Å². The average molecular weight is 1220 g/mol. The van der Waals surface area contributed by atoms with Gasteiger partial charge < -0.3 is 66.1 Å². The van der Waals surface area contributed by atoms with Crippen LogP contribution in [0.25, 0.3) is 22.3 Å². The molecule has 2 aromatic heterocycles. The molecule has 3 aliphatic rings. The largest absolute Gasteiger partial charge is 1.00 e. The third kappa shape index (κ3) is 14.3. The van der Waals surface area contributed by atoms with Crippen LogP contribution >= 0.6 is 12.2 Å². The summed E-state index contributed by atoms with van der Waals surface area (Å²) in [5.41, 5.74) is 1.81. The number of nitrogens with zero attached hydrogens (tertiary/aromatic N) is 3. The Morgan fingerprint density at radius 3 is 2.27 bits per heavy atom. The first-order chi connectivity index (χ1) is 40.7. The minimum Gasteiger partial charge on any atom is -0.550 e. The zero-order valence-corrected chi connectivity index (χ0v) is 51.4. The number of hydrogen-bond donors (Lipinski definition) is 8. The van der Waals surface area contributed by atoms with Gasteiger partial charge in [-0.15, -0.1) is 0 Å². The molecule has 24 nitrogen and oxygen atoms in total. The normalized spacial score (nSPS) is 16.4. The molecule has 0 aliphatic carbocycles. The minimum atomic E-state index is -4.20. The molecule has 4 aromatic carbocycles. The van der Waals surface area contributed by atoms with Gasteiger partial charge in [0.2, 0.25) is 17.4 Å². The minimum absolute atomic E-state index is 0. The van der Waals surface area contributed by atoms with E-state index in [4.69, 9.17) is 26.7 Å². The van der Waals surface area contributed by atoms with Crippen LogP contribution in [0.15, 0.2) is 119 Å². The molecule has 1 unspecified atom stereocenters. The van der Waals surface area contributed by atoms with Crippen LogP contribution in [0, 0.1) is 5.92 Å². The monoisotopic (exact) mass is 1220 g/mol. The van der Waals surface area contributed by atoms with Crippen molar-refractivity contribution in [3.63, 3.8) is 0 Å². The number of fused-ring (bicyclic) bond motifs is 5. The van der Waals surface area contributed by atoms with Crippen molar-refractivity contribution in [2.24, 2.45) is 5.92 Å². The number of ether oxygens (including phenoxy) is 2. The first-order valence-corrected chi connectivity index (χ1v) is 29.4. The molecule has 9 rings (SSSR count). The quantitative estimate of drug-likeness (QED) is 0.0308. The van der Waals surface area contributed by atoms with Crippen LogP contribution < -0.4 is 82.2 Å². The fraction of sp³-hybridized carbons (Fsp3) is 0.322. The van der Waals surface area contributed by atoms with E-state index in [0.29, 0.717) is 48.6 Å². The van der Waals surface area contributed by atoms with Crippen molar-refractivity contribution >= 4 is 103 Å². The number of thiocarbonyl (C=S) groups is 1. The molecule has 5 heterocycles. The Morgan fingerprint density at radius 1 is 0.837 bits per heavy atom. The Bertz CT molecular complexity index is 3830. The van der Waals surface area contributed by atoms with E-state index >= 15 is 0 Å². The third-order valence-electron chi connectivity index (χ3n) is 14.7. The molecule has 0 radical (unpaired) electrons. The topological polar surface area (TPSA) is 330 Å². The summed E-state index contributed by atoms with van der Waals surface area (Å²) in [5, 5.41) is 31.8. The van der Waals surface area contributed by atoms with Gasteiger partial charge >= 0.3 is 53.6 Å². The van der Waals surface area contributed by atoms with Crippen molar-refractivity contribution in [1.29, 1.82) is 0 Å². The smallest absolute Gasteiger partial charge is 0.550 e. The average Bonchev–Trinajstić information content (AvgIpc) is 1.41. The molecule has 6 aromatic rings. The number of carbonyl (C=O) groups excluding carboxylic acids is 7. The van der Waals surface area contributed by atoms with E-state index in [2.05, 4.69) is 41.9 Å². The number of esters is 2. The Labute approximate surface area is 522 Å². The number of carboxylic acids is 1. The number of cyclic esters (lactones) is 1. The zero-order chi connectivity index (χ0) is 60.7. The Morgan fingerprint density at radius 2 is 1.55 bits per heavy atom. The predicted octanol–water partition coefficient (Wildman–Crippen LogP) is 2.09. The molecule has 6 amide bonds. The maximum Gasteiger partial charge on any atom is 1.00 e. The van der Waals surface area contributed by atoms with Gasteiger partial charge in [0, 0.05) is 64.7 Å². The summed E-state index contributed by atoms with van der Waals surface area (Å²) in [6, 6.07) is 24.1. The van der Waals surface area contributed by atoms with Gasteiger partial charge in [0.1, 0.15) is 18.7 Å². The number of likely N-dealkylation sites (tertiary alicyclic amines) is 1. The Hall–Kier alpha value is -8.43. The van der Waals surface area contributed by atoms with Crippen molar-refractivity contribution < 1.29 is 86.1 Å². The summed E-state index contributed by atoms with van der Waals surface area (Å²) in [5.74, 6) is -4.89. The molecule has 3 aliphatic heterocycles. The molecule has 1 saturated heterocycles. The number of para-hydroxylation sites is 1. The maximum atomic E-state index is 14.3. The van der Waals surface area contributed by atoms with E-state index in [0.717, 1.165) is 16.5 Å². The van der Waals surface area contributed by atoms with Gasteiger partial charge in [-0.25, -0.2) is 32.6 Å². The van der Waals surface area contributed by atoms with E-state index in [1.54, 1.807) is 43.5 Å². The number of pyridine rings is 2. The number of anilines is 4. The van der Waals surface area contributed by atoms with E-state index in [1.807, 2.05) is 37.3 Å². The molecule has 444 valence electrons. The number of amides is 6. The van der Waals surface area contributed by atoms with Crippen LogP contribution in [-0.2, 0) is 62.2 Å². The molecule has 0 saturated carbocycles. The number of sulfonamides is 1. The van der Waals surface area contributed by atoms with Gasteiger partial charge in [0.25, 0.3) is 15.6 Å². The number of aromatic nitrogens is 2. The number of aliphatic carboxylic acids is 1. The molecule has 4 atom stereocenters. The zero-order valence-electron chi connectivity index (χ0n) is 47.7. The fourth-order valence-corrected chi connectivity index (χ4v) is 11.7. The summed E-state index contributed by atoms with van der Waals surface area (Å²) in [7, 11) is -4.20. The first kappa shape index (κ1) is 63.6. The second-order valence-corrected chi connectivity index (χ2v) is 23.0.